The van der Waals surface area contributed by atoms with Crippen molar-refractivity contribution in [2.45, 2.75) is 33.9 Å². The fourth-order valence-electron chi connectivity index (χ4n) is 2.36. The van der Waals surface area contributed by atoms with Crippen molar-refractivity contribution < 1.29 is 9.53 Å². The molecule has 3 aromatic rings. The fourth-order valence-corrected chi connectivity index (χ4v) is 2.36. The maximum atomic E-state index is 11.5. The molecule has 136 valence electrons. The van der Waals surface area contributed by atoms with E-state index in [2.05, 4.69) is 26.5 Å². The van der Waals surface area contributed by atoms with Gasteiger partial charge in [-0.3, -0.25) is 9.48 Å². The Morgan fingerprint density at radius 1 is 1.42 bits per heavy atom. The number of hydrogen-bond donors (Lipinski definition) is 1. The first-order chi connectivity index (χ1) is 12.2. The van der Waals surface area contributed by atoms with Gasteiger partial charge in [0.05, 0.1) is 31.0 Å². The topological polar surface area (TPSA) is 111 Å². The number of rotatable bonds is 7. The van der Waals surface area contributed by atoms with Crippen LogP contribution in [0, 0.1) is 11.3 Å². The van der Waals surface area contributed by atoms with Crippen LogP contribution >= 0.6 is 0 Å². The van der Waals surface area contributed by atoms with E-state index in [4.69, 9.17) is 10.00 Å². The van der Waals surface area contributed by atoms with Crippen molar-refractivity contribution in [3.8, 4) is 6.07 Å². The number of carbonyl (C=O) groups excluding carboxylic acids is 1. The van der Waals surface area contributed by atoms with Gasteiger partial charge >= 0.3 is 5.97 Å². The number of carbonyl (C=O) groups is 1. The number of nitrogens with one attached hydrogen (secondary N) is 1. The average molecular weight is 355 g/mol. The van der Waals surface area contributed by atoms with Gasteiger partial charge in [0.1, 0.15) is 12.2 Å². The van der Waals surface area contributed by atoms with Crippen molar-refractivity contribution in [1.29, 1.82) is 5.26 Å². The van der Waals surface area contributed by atoms with E-state index in [9.17, 15) is 4.79 Å². The summed E-state index contributed by atoms with van der Waals surface area (Å²) >= 11 is 0. The fraction of sp³-hybridized carbons (Fsp3) is 0.353. The molecule has 3 rings (SSSR count). The number of nitriles is 1. The normalized spacial score (nSPS) is 10.2. The molecule has 0 saturated heterocycles. The van der Waals surface area contributed by atoms with Gasteiger partial charge in [-0.05, 0) is 13.0 Å². The van der Waals surface area contributed by atoms with E-state index < -0.39 is 0 Å². The molecule has 0 unspecified atom stereocenters. The molecule has 0 aliphatic carbocycles. The lowest BCUT2D eigenvalue weighted by molar-refractivity contribution is -0.144. The molecule has 0 atom stereocenters. The van der Waals surface area contributed by atoms with Crippen LogP contribution in [0.15, 0.2) is 30.9 Å². The Hall–Kier alpha value is -3.41. The molecule has 0 spiro atoms. The molecule has 3 aromatic heterocycles. The van der Waals surface area contributed by atoms with Gasteiger partial charge in [0, 0.05) is 30.5 Å². The Bertz CT molecular complexity index is 923. The first kappa shape index (κ1) is 18.9. The van der Waals surface area contributed by atoms with Crippen LogP contribution in [0.3, 0.4) is 0 Å². The lowest BCUT2D eigenvalue weighted by atomic mass is 10.4. The number of nitrogens with zero attached hydrogens (tertiary/aromatic N) is 6. The van der Waals surface area contributed by atoms with Gasteiger partial charge < -0.3 is 14.6 Å². The molecule has 0 aliphatic rings. The zero-order chi connectivity index (χ0) is 17.6. The molecule has 0 fully saturated rings. The number of ether oxygens (including phenoxy) is 1. The summed E-state index contributed by atoms with van der Waals surface area (Å²) in [5.41, 5.74) is 1.42. The second kappa shape index (κ2) is 8.62. The first-order valence-corrected chi connectivity index (χ1v) is 7.83. The maximum Gasteiger partial charge on any atom is 0.327 e. The molecule has 0 aliphatic heterocycles. The molecule has 0 amide bonds. The summed E-state index contributed by atoms with van der Waals surface area (Å²) in [6.07, 6.45) is 7.28. The predicted molar refractivity (Wildman–Crippen MR) is 96.6 cm³/mol. The minimum atomic E-state index is -0.342. The highest BCUT2D eigenvalue weighted by molar-refractivity contribution is 5.76. The molecule has 3 heterocycles. The van der Waals surface area contributed by atoms with Crippen molar-refractivity contribution in [1.82, 2.24) is 24.3 Å². The lowest BCUT2D eigenvalue weighted by Gasteiger charge is -2.04. The minimum absolute atomic E-state index is 0. The summed E-state index contributed by atoms with van der Waals surface area (Å²) in [5, 5.41) is 16.8. The van der Waals surface area contributed by atoms with E-state index in [1.807, 2.05) is 16.8 Å². The summed E-state index contributed by atoms with van der Waals surface area (Å²) in [6.45, 7) is 2.72. The zero-order valence-corrected chi connectivity index (χ0v) is 13.7. The van der Waals surface area contributed by atoms with Crippen LogP contribution in [0.1, 0.15) is 20.8 Å². The second-order valence-corrected chi connectivity index (χ2v) is 5.25. The molecule has 0 aromatic carbocycles. The van der Waals surface area contributed by atoms with Gasteiger partial charge in [-0.2, -0.15) is 15.3 Å². The monoisotopic (exact) mass is 355 g/mol. The molecule has 1 N–H and O–H groups in total. The maximum absolute atomic E-state index is 11.5. The Morgan fingerprint density at radius 2 is 2.27 bits per heavy atom. The third-order valence-corrected chi connectivity index (χ3v) is 3.45. The number of fused-ring (bicyclic) bond motifs is 1. The smallest absolute Gasteiger partial charge is 0.327 e. The first-order valence-electron chi connectivity index (χ1n) is 7.83. The highest BCUT2D eigenvalue weighted by Crippen LogP contribution is 2.17. The Balaban J connectivity index is 0.00000243. The summed E-state index contributed by atoms with van der Waals surface area (Å²) in [4.78, 5) is 20.2. The van der Waals surface area contributed by atoms with E-state index in [0.29, 0.717) is 31.2 Å². The molecule has 0 saturated carbocycles. The van der Waals surface area contributed by atoms with Crippen molar-refractivity contribution in [3.05, 3.63) is 30.9 Å². The van der Waals surface area contributed by atoms with E-state index in [1.54, 1.807) is 25.5 Å². The highest BCUT2D eigenvalue weighted by atomic mass is 16.5. The average Bonchev–Trinajstić information content (AvgIpc) is 3.20. The standard InChI is InChI=1S/C16H17N7O2.CH4/c1-2-25-14(24)11-23-10-13(9-19-23)20-16-18-8-12-4-7-22(6-3-5-17)15(12)21-16;/h4,7-10H,2-3,6,11H2,1H3,(H,18,20,21);1H4. The molecule has 9 nitrogen and oxygen atoms in total. The molecule has 0 radical (unpaired) electrons. The lowest BCUT2D eigenvalue weighted by Crippen LogP contribution is -2.13. The van der Waals surface area contributed by atoms with Crippen LogP contribution in [0.4, 0.5) is 11.6 Å². The summed E-state index contributed by atoms with van der Waals surface area (Å²) in [6, 6.07) is 4.03. The van der Waals surface area contributed by atoms with Crippen LogP contribution in [-0.4, -0.2) is 36.9 Å². The second-order valence-electron chi connectivity index (χ2n) is 5.25. The van der Waals surface area contributed by atoms with Crippen LogP contribution in [-0.2, 0) is 22.6 Å². The zero-order valence-electron chi connectivity index (χ0n) is 13.7. The van der Waals surface area contributed by atoms with Gasteiger partial charge in [0.25, 0.3) is 0 Å². The minimum Gasteiger partial charge on any atom is -0.465 e. The Labute approximate surface area is 151 Å². The van der Waals surface area contributed by atoms with Crippen LogP contribution in [0.5, 0.6) is 0 Å². The Kier molecular flexibility index (Phi) is 6.27. The van der Waals surface area contributed by atoms with E-state index in [-0.39, 0.29) is 19.9 Å². The number of aryl methyl sites for hydroxylation is 1. The molecule has 26 heavy (non-hydrogen) atoms. The van der Waals surface area contributed by atoms with Gasteiger partial charge in [-0.1, -0.05) is 7.43 Å². The summed E-state index contributed by atoms with van der Waals surface area (Å²) in [5.74, 6) is 0.0743. The van der Waals surface area contributed by atoms with Gasteiger partial charge in [-0.25, -0.2) is 4.98 Å². The number of hydrogen-bond acceptors (Lipinski definition) is 7. The van der Waals surface area contributed by atoms with Gasteiger partial charge in [0.2, 0.25) is 5.95 Å². The third-order valence-electron chi connectivity index (χ3n) is 3.45. The number of anilines is 2. The SMILES string of the molecule is C.CCOC(=O)Cn1cc(Nc2ncc3ccn(CCC#N)c3n2)cn1. The van der Waals surface area contributed by atoms with E-state index >= 15 is 0 Å². The summed E-state index contributed by atoms with van der Waals surface area (Å²) in [7, 11) is 0. The third kappa shape index (κ3) is 4.36. The van der Waals surface area contributed by atoms with Crippen molar-refractivity contribution in [2.24, 2.45) is 0 Å². The summed E-state index contributed by atoms with van der Waals surface area (Å²) < 4.78 is 8.28. The number of aromatic nitrogens is 5. The van der Waals surface area contributed by atoms with Crippen molar-refractivity contribution in [2.75, 3.05) is 11.9 Å². The highest BCUT2D eigenvalue weighted by Gasteiger charge is 2.08. The quantitative estimate of drug-likeness (QED) is 0.648. The van der Waals surface area contributed by atoms with Crippen LogP contribution in [0.25, 0.3) is 11.0 Å². The largest absolute Gasteiger partial charge is 0.465 e. The van der Waals surface area contributed by atoms with Crippen LogP contribution < -0.4 is 5.32 Å². The molecule has 0 bridgehead atoms. The molecular weight excluding hydrogens is 334 g/mol. The van der Waals surface area contributed by atoms with Gasteiger partial charge in [0.15, 0.2) is 0 Å². The van der Waals surface area contributed by atoms with Crippen LogP contribution in [0.2, 0.25) is 0 Å². The Morgan fingerprint density at radius 3 is 3.04 bits per heavy atom. The van der Waals surface area contributed by atoms with E-state index in [0.717, 1.165) is 11.0 Å². The molecular formula is C17H21N7O2. The van der Waals surface area contributed by atoms with Crippen molar-refractivity contribution >= 4 is 28.6 Å². The van der Waals surface area contributed by atoms with Crippen molar-refractivity contribution in [3.63, 3.8) is 0 Å². The number of esters is 1. The molecule has 9 heteroatoms. The predicted octanol–water partition coefficient (Wildman–Crippen LogP) is 2.48. The van der Waals surface area contributed by atoms with Gasteiger partial charge in [-0.15, -0.1) is 0 Å². The van der Waals surface area contributed by atoms with E-state index in [1.165, 1.54) is 4.68 Å².